The van der Waals surface area contributed by atoms with Gasteiger partial charge in [0.25, 0.3) is 5.91 Å². The molecule has 0 saturated carbocycles. The van der Waals surface area contributed by atoms with E-state index in [-0.39, 0.29) is 35.2 Å². The van der Waals surface area contributed by atoms with Gasteiger partial charge in [-0.15, -0.1) is 0 Å². The third-order valence-corrected chi connectivity index (χ3v) is 5.96. The molecule has 0 radical (unpaired) electrons. The van der Waals surface area contributed by atoms with Crippen molar-refractivity contribution in [2.45, 2.75) is 39.5 Å². The molecular weight excluding hydrogens is 430 g/mol. The molecule has 2 aromatic rings. The van der Waals surface area contributed by atoms with Crippen molar-refractivity contribution in [3.8, 4) is 11.8 Å². The van der Waals surface area contributed by atoms with Gasteiger partial charge < -0.3 is 20.5 Å². The maximum Gasteiger partial charge on any atom is 0.262 e. The number of ether oxygens (including phenoxy) is 2. The second-order valence-corrected chi connectivity index (χ2v) is 9.48. The number of benzene rings is 2. The van der Waals surface area contributed by atoms with Gasteiger partial charge in [-0.3, -0.25) is 9.59 Å². The Morgan fingerprint density at radius 1 is 1.24 bits per heavy atom. The summed E-state index contributed by atoms with van der Waals surface area (Å²) in [6.45, 7) is 5.82. The number of rotatable bonds is 5. The van der Waals surface area contributed by atoms with E-state index >= 15 is 0 Å². The van der Waals surface area contributed by atoms with Crippen LogP contribution in [0.4, 0.5) is 5.69 Å². The van der Waals surface area contributed by atoms with E-state index in [1.165, 1.54) is 0 Å². The number of nitrogens with zero attached hydrogens (tertiary/aromatic N) is 1. The van der Waals surface area contributed by atoms with Gasteiger partial charge in [-0.25, -0.2) is 0 Å². The molecule has 0 spiro atoms. The van der Waals surface area contributed by atoms with Crippen molar-refractivity contribution in [3.63, 3.8) is 0 Å². The zero-order chi connectivity index (χ0) is 24.5. The smallest absolute Gasteiger partial charge is 0.262 e. The molecule has 0 saturated heterocycles. The maximum absolute atomic E-state index is 13.0. The normalized spacial score (nSPS) is 19.1. The van der Waals surface area contributed by atoms with Crippen molar-refractivity contribution in [1.29, 1.82) is 5.26 Å². The van der Waals surface area contributed by atoms with E-state index in [1.807, 2.05) is 45.0 Å². The summed E-state index contributed by atoms with van der Waals surface area (Å²) in [6, 6.07) is 16.6. The van der Waals surface area contributed by atoms with Crippen LogP contribution in [0.25, 0.3) is 0 Å². The molecule has 1 aliphatic heterocycles. The fourth-order valence-corrected chi connectivity index (χ4v) is 4.44. The molecule has 1 heterocycles. The first kappa shape index (κ1) is 23.1. The number of anilines is 1. The molecule has 1 unspecified atom stereocenters. The SMILES string of the molecule is Cc1cccc(NC(=O)COc2ccc(C3C(C#N)=C(N)OC4=C3C(=O)CC(C)(C)C4)cc2)c1. The lowest BCUT2D eigenvalue weighted by Gasteiger charge is -2.37. The van der Waals surface area contributed by atoms with E-state index in [2.05, 4.69) is 11.4 Å². The number of carbonyl (C=O) groups excluding carboxylic acids is 2. The summed E-state index contributed by atoms with van der Waals surface area (Å²) in [4.78, 5) is 25.3. The Kier molecular flexibility index (Phi) is 6.16. The molecule has 1 atom stereocenters. The first-order chi connectivity index (χ1) is 16.2. The molecule has 1 aliphatic carbocycles. The summed E-state index contributed by atoms with van der Waals surface area (Å²) in [7, 11) is 0. The van der Waals surface area contributed by atoms with Crippen LogP contribution in [0.5, 0.6) is 5.75 Å². The minimum absolute atomic E-state index is 0.0323. The average Bonchev–Trinajstić information content (AvgIpc) is 2.76. The number of hydrogen-bond donors (Lipinski definition) is 2. The van der Waals surface area contributed by atoms with Crippen molar-refractivity contribution in [3.05, 3.63) is 82.4 Å². The zero-order valence-corrected chi connectivity index (χ0v) is 19.5. The zero-order valence-electron chi connectivity index (χ0n) is 19.5. The summed E-state index contributed by atoms with van der Waals surface area (Å²) in [5.41, 5.74) is 9.04. The number of carbonyl (C=O) groups is 2. The van der Waals surface area contributed by atoms with E-state index in [0.29, 0.717) is 35.6 Å². The van der Waals surface area contributed by atoms with E-state index < -0.39 is 5.92 Å². The van der Waals surface area contributed by atoms with Crippen LogP contribution in [0.2, 0.25) is 0 Å². The highest BCUT2D eigenvalue weighted by molar-refractivity contribution is 6.00. The summed E-state index contributed by atoms with van der Waals surface area (Å²) < 4.78 is 11.3. The predicted molar refractivity (Wildman–Crippen MR) is 127 cm³/mol. The molecule has 0 bridgehead atoms. The van der Waals surface area contributed by atoms with E-state index in [1.54, 1.807) is 24.3 Å². The third-order valence-electron chi connectivity index (χ3n) is 5.96. The Morgan fingerprint density at radius 3 is 2.65 bits per heavy atom. The molecule has 2 aliphatic rings. The molecule has 2 aromatic carbocycles. The lowest BCUT2D eigenvalue weighted by molar-refractivity contribution is -0.119. The van der Waals surface area contributed by atoms with Gasteiger partial charge in [-0.1, -0.05) is 38.1 Å². The summed E-state index contributed by atoms with van der Waals surface area (Å²) in [6.07, 6.45) is 0.947. The second-order valence-electron chi connectivity index (χ2n) is 9.48. The summed E-state index contributed by atoms with van der Waals surface area (Å²) in [5.74, 6) is 0.171. The molecule has 0 fully saturated rings. The molecule has 174 valence electrons. The highest BCUT2D eigenvalue weighted by Crippen LogP contribution is 2.47. The number of nitrogens with one attached hydrogen (secondary N) is 1. The Labute approximate surface area is 198 Å². The van der Waals surface area contributed by atoms with Crippen LogP contribution in [0.1, 0.15) is 43.7 Å². The first-order valence-corrected chi connectivity index (χ1v) is 11.1. The van der Waals surface area contributed by atoms with Crippen molar-refractivity contribution in [1.82, 2.24) is 0 Å². The summed E-state index contributed by atoms with van der Waals surface area (Å²) >= 11 is 0. The number of aryl methyl sites for hydroxylation is 1. The van der Waals surface area contributed by atoms with Gasteiger partial charge in [-0.2, -0.15) is 5.26 Å². The number of hydrogen-bond acceptors (Lipinski definition) is 6. The Hall–Kier alpha value is -4.05. The van der Waals surface area contributed by atoms with E-state index in [9.17, 15) is 14.9 Å². The third kappa shape index (κ3) is 4.81. The van der Waals surface area contributed by atoms with Gasteiger partial charge >= 0.3 is 0 Å². The molecule has 1 amide bonds. The van der Waals surface area contributed by atoms with Crippen LogP contribution in [0.15, 0.2) is 71.3 Å². The summed E-state index contributed by atoms with van der Waals surface area (Å²) in [5, 5.41) is 12.5. The van der Waals surface area contributed by atoms with Gasteiger partial charge in [0, 0.05) is 24.1 Å². The van der Waals surface area contributed by atoms with Crippen molar-refractivity contribution in [2.75, 3.05) is 11.9 Å². The van der Waals surface area contributed by atoms with Crippen molar-refractivity contribution in [2.24, 2.45) is 11.1 Å². The van der Waals surface area contributed by atoms with Gasteiger partial charge in [0.05, 0.1) is 5.92 Å². The van der Waals surface area contributed by atoms with Gasteiger partial charge in [0.2, 0.25) is 5.88 Å². The van der Waals surface area contributed by atoms with Crippen LogP contribution >= 0.6 is 0 Å². The van der Waals surface area contributed by atoms with Gasteiger partial charge in [-0.05, 0) is 47.7 Å². The van der Waals surface area contributed by atoms with Crippen LogP contribution in [0, 0.1) is 23.7 Å². The van der Waals surface area contributed by atoms with E-state index in [4.69, 9.17) is 15.2 Å². The molecule has 7 heteroatoms. The average molecular weight is 458 g/mol. The molecule has 0 aromatic heterocycles. The highest BCUT2D eigenvalue weighted by Gasteiger charge is 2.42. The number of allylic oxidation sites excluding steroid dienone is 3. The fourth-order valence-electron chi connectivity index (χ4n) is 4.44. The number of Topliss-reactive ketones (excluding diaryl/α,β-unsaturated/α-hetero) is 1. The number of nitriles is 1. The second kappa shape index (κ2) is 9.06. The first-order valence-electron chi connectivity index (χ1n) is 11.1. The lowest BCUT2D eigenvalue weighted by Crippen LogP contribution is -2.33. The molecule has 7 nitrogen and oxygen atoms in total. The Morgan fingerprint density at radius 2 is 1.97 bits per heavy atom. The predicted octanol–water partition coefficient (Wildman–Crippen LogP) is 4.46. The Balaban J connectivity index is 1.51. The van der Waals surface area contributed by atoms with Crippen molar-refractivity contribution < 1.29 is 19.1 Å². The minimum atomic E-state index is -0.587. The van der Waals surface area contributed by atoms with Crippen LogP contribution in [0.3, 0.4) is 0 Å². The number of nitrogens with two attached hydrogens (primary N) is 1. The van der Waals surface area contributed by atoms with Crippen LogP contribution in [-0.4, -0.2) is 18.3 Å². The minimum Gasteiger partial charge on any atom is -0.484 e. The van der Waals surface area contributed by atoms with Crippen molar-refractivity contribution >= 4 is 17.4 Å². The molecular formula is C27H27N3O4. The largest absolute Gasteiger partial charge is 0.484 e. The number of amides is 1. The monoisotopic (exact) mass is 457 g/mol. The fraction of sp³-hybridized carbons (Fsp3) is 0.296. The Bertz CT molecular complexity index is 1250. The van der Waals surface area contributed by atoms with Gasteiger partial charge in [0.1, 0.15) is 23.2 Å². The standard InChI is InChI=1S/C27H27N3O4/c1-16-5-4-6-18(11-16)30-23(32)15-33-19-9-7-17(8-10-19)24-20(14-28)26(29)34-22-13-27(2,3)12-21(31)25(22)24/h4-11,24H,12-13,15,29H2,1-3H3,(H,30,32). The lowest BCUT2D eigenvalue weighted by atomic mass is 9.70. The maximum atomic E-state index is 13.0. The van der Waals surface area contributed by atoms with Gasteiger partial charge in [0.15, 0.2) is 12.4 Å². The molecule has 34 heavy (non-hydrogen) atoms. The molecule has 4 rings (SSSR count). The number of ketones is 1. The quantitative estimate of drug-likeness (QED) is 0.685. The molecule has 3 N–H and O–H groups in total. The topological polar surface area (TPSA) is 114 Å². The van der Waals surface area contributed by atoms with E-state index in [0.717, 1.165) is 11.1 Å². The van der Waals surface area contributed by atoms with Crippen LogP contribution < -0.4 is 15.8 Å². The van der Waals surface area contributed by atoms with Crippen LogP contribution in [-0.2, 0) is 14.3 Å². The highest BCUT2D eigenvalue weighted by atomic mass is 16.5.